The highest BCUT2D eigenvalue weighted by atomic mass is 16.1. The first-order chi connectivity index (χ1) is 6.38. The minimum Gasteiger partial charge on any atom is -0.316 e. The first-order valence-electron chi connectivity index (χ1n) is 5.06. The third-order valence-corrected chi connectivity index (χ3v) is 2.25. The van der Waals surface area contributed by atoms with Gasteiger partial charge in [-0.1, -0.05) is 20.8 Å². The largest absolute Gasteiger partial charge is 0.316 e. The van der Waals surface area contributed by atoms with Gasteiger partial charge < -0.3 is 4.57 Å². The molecule has 0 aliphatic carbocycles. The SMILES string of the molecule is Cc1ccn(CCC(C)(C)C)c(=O)c1. The van der Waals surface area contributed by atoms with Gasteiger partial charge in [0, 0.05) is 18.8 Å². The highest BCUT2D eigenvalue weighted by molar-refractivity contribution is 5.07. The summed E-state index contributed by atoms with van der Waals surface area (Å²) in [5, 5.41) is 0. The zero-order chi connectivity index (χ0) is 10.8. The van der Waals surface area contributed by atoms with Crippen molar-refractivity contribution in [2.45, 2.75) is 40.7 Å². The molecule has 0 N–H and O–H groups in total. The Labute approximate surface area is 85.6 Å². The van der Waals surface area contributed by atoms with Crippen LogP contribution in [0.5, 0.6) is 0 Å². The van der Waals surface area contributed by atoms with E-state index in [-0.39, 0.29) is 11.0 Å². The smallest absolute Gasteiger partial charge is 0.250 e. The Balaban J connectivity index is 2.74. The van der Waals surface area contributed by atoms with Crippen molar-refractivity contribution in [3.63, 3.8) is 0 Å². The Hall–Kier alpha value is -1.05. The number of hydrogen-bond donors (Lipinski definition) is 0. The van der Waals surface area contributed by atoms with Gasteiger partial charge in [0.1, 0.15) is 0 Å². The molecule has 0 fully saturated rings. The van der Waals surface area contributed by atoms with Crippen LogP contribution in [0.15, 0.2) is 23.1 Å². The third-order valence-electron chi connectivity index (χ3n) is 2.25. The second-order valence-electron chi connectivity index (χ2n) is 5.05. The van der Waals surface area contributed by atoms with Crippen LogP contribution in [-0.2, 0) is 6.54 Å². The number of rotatable bonds is 2. The normalized spacial score (nSPS) is 11.7. The second kappa shape index (κ2) is 3.99. The molecule has 0 saturated heterocycles. The van der Waals surface area contributed by atoms with Gasteiger partial charge in [0.05, 0.1) is 0 Å². The Morgan fingerprint density at radius 1 is 1.36 bits per heavy atom. The summed E-state index contributed by atoms with van der Waals surface area (Å²) in [5.74, 6) is 0. The van der Waals surface area contributed by atoms with Crippen molar-refractivity contribution in [1.82, 2.24) is 4.57 Å². The van der Waals surface area contributed by atoms with Gasteiger partial charge in [0.25, 0.3) is 5.56 Å². The Morgan fingerprint density at radius 3 is 2.50 bits per heavy atom. The van der Waals surface area contributed by atoms with Crippen LogP contribution in [0, 0.1) is 12.3 Å². The minimum absolute atomic E-state index is 0.106. The van der Waals surface area contributed by atoms with Crippen LogP contribution in [0.2, 0.25) is 0 Å². The van der Waals surface area contributed by atoms with Crippen LogP contribution in [-0.4, -0.2) is 4.57 Å². The van der Waals surface area contributed by atoms with Crippen molar-refractivity contribution in [1.29, 1.82) is 0 Å². The third kappa shape index (κ3) is 3.36. The fourth-order valence-corrected chi connectivity index (χ4v) is 1.25. The van der Waals surface area contributed by atoms with Crippen LogP contribution < -0.4 is 5.56 Å². The van der Waals surface area contributed by atoms with E-state index in [4.69, 9.17) is 0 Å². The van der Waals surface area contributed by atoms with E-state index >= 15 is 0 Å². The molecule has 14 heavy (non-hydrogen) atoms. The Morgan fingerprint density at radius 2 is 2.00 bits per heavy atom. The van der Waals surface area contributed by atoms with Gasteiger partial charge in [-0.2, -0.15) is 0 Å². The van der Waals surface area contributed by atoms with Crippen molar-refractivity contribution in [3.05, 3.63) is 34.2 Å². The average Bonchev–Trinajstić information content (AvgIpc) is 2.00. The highest BCUT2D eigenvalue weighted by Crippen LogP contribution is 2.18. The van der Waals surface area contributed by atoms with E-state index in [9.17, 15) is 4.79 Å². The van der Waals surface area contributed by atoms with E-state index in [0.717, 1.165) is 18.5 Å². The Kier molecular flexibility index (Phi) is 3.14. The van der Waals surface area contributed by atoms with Gasteiger partial charge in [-0.3, -0.25) is 4.79 Å². The highest BCUT2D eigenvalue weighted by Gasteiger charge is 2.09. The molecule has 1 heterocycles. The molecule has 1 aromatic rings. The van der Waals surface area contributed by atoms with Crippen molar-refractivity contribution in [2.75, 3.05) is 0 Å². The summed E-state index contributed by atoms with van der Waals surface area (Å²) in [7, 11) is 0. The molecular formula is C12H19NO. The predicted octanol–water partition coefficient (Wildman–Crippen LogP) is 2.59. The molecule has 0 saturated carbocycles. The molecule has 1 aromatic heterocycles. The number of pyridine rings is 1. The van der Waals surface area contributed by atoms with Gasteiger partial charge in [0.2, 0.25) is 0 Å². The number of aromatic nitrogens is 1. The molecule has 0 aliphatic heterocycles. The molecule has 2 heteroatoms. The number of aryl methyl sites for hydroxylation is 2. The average molecular weight is 193 g/mol. The zero-order valence-electron chi connectivity index (χ0n) is 9.50. The molecule has 2 nitrogen and oxygen atoms in total. The fraction of sp³-hybridized carbons (Fsp3) is 0.583. The van der Waals surface area contributed by atoms with Crippen molar-refractivity contribution in [2.24, 2.45) is 5.41 Å². The van der Waals surface area contributed by atoms with Crippen molar-refractivity contribution in [3.8, 4) is 0 Å². The van der Waals surface area contributed by atoms with Gasteiger partial charge in [-0.25, -0.2) is 0 Å². The monoisotopic (exact) mass is 193 g/mol. The summed E-state index contributed by atoms with van der Waals surface area (Å²) >= 11 is 0. The van der Waals surface area contributed by atoms with E-state index in [2.05, 4.69) is 20.8 Å². The Bertz CT molecular complexity index is 357. The van der Waals surface area contributed by atoms with Gasteiger partial charge in [0.15, 0.2) is 0 Å². The van der Waals surface area contributed by atoms with Crippen LogP contribution in [0.4, 0.5) is 0 Å². The second-order valence-corrected chi connectivity index (χ2v) is 5.05. The van der Waals surface area contributed by atoms with Crippen molar-refractivity contribution >= 4 is 0 Å². The van der Waals surface area contributed by atoms with E-state index in [1.54, 1.807) is 10.6 Å². The molecule has 0 aliphatic rings. The topological polar surface area (TPSA) is 22.0 Å². The van der Waals surface area contributed by atoms with E-state index in [0.29, 0.717) is 0 Å². The molecule has 0 unspecified atom stereocenters. The fourth-order valence-electron chi connectivity index (χ4n) is 1.25. The van der Waals surface area contributed by atoms with Crippen LogP contribution in [0.3, 0.4) is 0 Å². The van der Waals surface area contributed by atoms with Crippen LogP contribution in [0.25, 0.3) is 0 Å². The van der Waals surface area contributed by atoms with Crippen LogP contribution >= 0.6 is 0 Å². The molecular weight excluding hydrogens is 174 g/mol. The lowest BCUT2D eigenvalue weighted by atomic mass is 9.92. The van der Waals surface area contributed by atoms with E-state index in [1.807, 2.05) is 19.2 Å². The molecule has 0 atom stereocenters. The number of hydrogen-bond acceptors (Lipinski definition) is 1. The first kappa shape index (κ1) is 11.0. The molecule has 0 spiro atoms. The van der Waals surface area contributed by atoms with Crippen LogP contribution in [0.1, 0.15) is 32.8 Å². The first-order valence-corrected chi connectivity index (χ1v) is 5.06. The molecule has 0 radical (unpaired) electrons. The summed E-state index contributed by atoms with van der Waals surface area (Å²) in [6.07, 6.45) is 2.90. The lowest BCUT2D eigenvalue weighted by molar-refractivity contribution is 0.348. The zero-order valence-corrected chi connectivity index (χ0v) is 9.50. The maximum absolute atomic E-state index is 11.5. The maximum Gasteiger partial charge on any atom is 0.250 e. The maximum atomic E-state index is 11.5. The minimum atomic E-state index is 0.106. The van der Waals surface area contributed by atoms with Gasteiger partial charge in [-0.15, -0.1) is 0 Å². The quantitative estimate of drug-likeness (QED) is 0.707. The molecule has 78 valence electrons. The molecule has 0 amide bonds. The lowest BCUT2D eigenvalue weighted by Crippen LogP contribution is -2.21. The molecule has 0 aromatic carbocycles. The standard InChI is InChI=1S/C12H19NO/c1-10-5-7-13(11(14)9-10)8-6-12(2,3)4/h5,7,9H,6,8H2,1-4H3. The van der Waals surface area contributed by atoms with Crippen molar-refractivity contribution < 1.29 is 0 Å². The predicted molar refractivity (Wildman–Crippen MR) is 59.5 cm³/mol. The number of nitrogens with zero attached hydrogens (tertiary/aromatic N) is 1. The summed E-state index contributed by atoms with van der Waals surface area (Å²) in [6.45, 7) is 9.31. The summed E-state index contributed by atoms with van der Waals surface area (Å²) in [4.78, 5) is 11.5. The molecule has 1 rings (SSSR count). The summed E-state index contributed by atoms with van der Waals surface area (Å²) < 4.78 is 1.78. The van der Waals surface area contributed by atoms with Gasteiger partial charge >= 0.3 is 0 Å². The molecule has 0 bridgehead atoms. The van der Waals surface area contributed by atoms with Gasteiger partial charge in [-0.05, 0) is 30.4 Å². The summed E-state index contributed by atoms with van der Waals surface area (Å²) in [5.41, 5.74) is 1.42. The van der Waals surface area contributed by atoms with E-state index < -0.39 is 0 Å². The summed E-state index contributed by atoms with van der Waals surface area (Å²) in [6, 6.07) is 3.66. The lowest BCUT2D eigenvalue weighted by Gasteiger charge is -2.18. The van der Waals surface area contributed by atoms with E-state index in [1.165, 1.54) is 0 Å².